The first kappa shape index (κ1) is 17.5. The molecule has 1 amide bonds. The molecule has 1 saturated heterocycles. The minimum absolute atomic E-state index is 0.245. The molecule has 27 heavy (non-hydrogen) atoms. The summed E-state index contributed by atoms with van der Waals surface area (Å²) in [5.74, 6) is 1.41. The van der Waals surface area contributed by atoms with E-state index in [4.69, 9.17) is 4.98 Å². The van der Waals surface area contributed by atoms with E-state index in [1.807, 2.05) is 46.0 Å². The molecule has 138 valence electrons. The second kappa shape index (κ2) is 8.16. The van der Waals surface area contributed by atoms with Crippen LogP contribution in [0.1, 0.15) is 36.4 Å². The summed E-state index contributed by atoms with van der Waals surface area (Å²) < 4.78 is 1.91. The predicted molar refractivity (Wildman–Crippen MR) is 105 cm³/mol. The monoisotopic (exact) mass is 360 g/mol. The first-order chi connectivity index (χ1) is 13.3. The van der Waals surface area contributed by atoms with Crippen LogP contribution >= 0.6 is 0 Å². The number of likely N-dealkylation sites (tertiary alicyclic amines) is 1. The van der Waals surface area contributed by atoms with E-state index in [0.717, 1.165) is 43.9 Å². The summed E-state index contributed by atoms with van der Waals surface area (Å²) in [6, 6.07) is 16.3. The summed E-state index contributed by atoms with van der Waals surface area (Å²) in [5.41, 5.74) is 2.27. The zero-order valence-electron chi connectivity index (χ0n) is 15.4. The van der Waals surface area contributed by atoms with Crippen molar-refractivity contribution < 1.29 is 4.79 Å². The highest BCUT2D eigenvalue weighted by atomic mass is 16.2. The minimum atomic E-state index is 0.245. The van der Waals surface area contributed by atoms with E-state index < -0.39 is 0 Å². The van der Waals surface area contributed by atoms with Crippen molar-refractivity contribution in [3.05, 3.63) is 78.5 Å². The number of hydrogen-bond acceptors (Lipinski definition) is 3. The van der Waals surface area contributed by atoms with Crippen molar-refractivity contribution in [3.8, 4) is 5.82 Å². The van der Waals surface area contributed by atoms with Crippen LogP contribution in [-0.4, -0.2) is 38.4 Å². The lowest BCUT2D eigenvalue weighted by Gasteiger charge is -2.32. The second-order valence-corrected chi connectivity index (χ2v) is 7.06. The van der Waals surface area contributed by atoms with Gasteiger partial charge in [0.15, 0.2) is 0 Å². The molecule has 5 heteroatoms. The zero-order chi connectivity index (χ0) is 18.5. The van der Waals surface area contributed by atoms with Gasteiger partial charge in [0.1, 0.15) is 12.1 Å². The highest BCUT2D eigenvalue weighted by Crippen LogP contribution is 2.26. The molecule has 1 aromatic carbocycles. The molecule has 0 N–H and O–H groups in total. The maximum atomic E-state index is 12.7. The number of rotatable bonds is 5. The molecule has 1 fully saturated rings. The van der Waals surface area contributed by atoms with Crippen LogP contribution in [0.4, 0.5) is 0 Å². The van der Waals surface area contributed by atoms with Gasteiger partial charge in [-0.1, -0.05) is 36.4 Å². The molecular formula is C22H24N4O. The Bertz CT molecular complexity index is 876. The van der Waals surface area contributed by atoms with Crippen LogP contribution in [0.25, 0.3) is 5.82 Å². The highest BCUT2D eigenvalue weighted by molar-refractivity contribution is 5.76. The first-order valence-corrected chi connectivity index (χ1v) is 9.56. The van der Waals surface area contributed by atoms with E-state index >= 15 is 0 Å². The molecule has 0 aliphatic carbocycles. The van der Waals surface area contributed by atoms with Crippen LogP contribution in [0.2, 0.25) is 0 Å². The maximum absolute atomic E-state index is 12.7. The van der Waals surface area contributed by atoms with Gasteiger partial charge in [-0.2, -0.15) is 0 Å². The van der Waals surface area contributed by atoms with E-state index in [2.05, 4.69) is 23.2 Å². The van der Waals surface area contributed by atoms with Crippen molar-refractivity contribution in [3.63, 3.8) is 0 Å². The van der Waals surface area contributed by atoms with Gasteiger partial charge in [-0.05, 0) is 37.0 Å². The number of piperidine rings is 1. The van der Waals surface area contributed by atoms with Crippen LogP contribution in [0, 0.1) is 0 Å². The van der Waals surface area contributed by atoms with Gasteiger partial charge in [0, 0.05) is 43.5 Å². The van der Waals surface area contributed by atoms with Gasteiger partial charge in [0.05, 0.1) is 0 Å². The number of amides is 1. The number of carbonyl (C=O) groups is 1. The lowest BCUT2D eigenvalue weighted by atomic mass is 9.94. The van der Waals surface area contributed by atoms with Gasteiger partial charge in [0.2, 0.25) is 5.91 Å². The molecule has 1 aliphatic rings. The van der Waals surface area contributed by atoms with Crippen molar-refractivity contribution in [1.29, 1.82) is 0 Å². The van der Waals surface area contributed by atoms with Crippen LogP contribution in [-0.2, 0) is 11.2 Å². The van der Waals surface area contributed by atoms with E-state index in [9.17, 15) is 4.79 Å². The number of nitrogens with zero attached hydrogens (tertiary/aromatic N) is 4. The van der Waals surface area contributed by atoms with Crippen molar-refractivity contribution in [1.82, 2.24) is 19.4 Å². The molecule has 2 aromatic heterocycles. The van der Waals surface area contributed by atoms with Gasteiger partial charge >= 0.3 is 0 Å². The molecule has 0 spiro atoms. The Labute approximate surface area is 159 Å². The highest BCUT2D eigenvalue weighted by Gasteiger charge is 2.25. The lowest BCUT2D eigenvalue weighted by molar-refractivity contribution is -0.132. The van der Waals surface area contributed by atoms with Gasteiger partial charge in [-0.3, -0.25) is 9.36 Å². The van der Waals surface area contributed by atoms with Gasteiger partial charge in [-0.15, -0.1) is 0 Å². The molecule has 1 atom stereocenters. The molecule has 0 bridgehead atoms. The zero-order valence-corrected chi connectivity index (χ0v) is 15.4. The molecule has 0 saturated carbocycles. The SMILES string of the molecule is O=C(CCc1ccccc1)N1CCC[C@H](c2cccc(-n3ccnc3)n2)C1. The predicted octanol–water partition coefficient (Wildman–Crippen LogP) is 3.61. The number of aromatic nitrogens is 3. The smallest absolute Gasteiger partial charge is 0.222 e. The number of imidazole rings is 1. The summed E-state index contributed by atoms with van der Waals surface area (Å²) >= 11 is 0. The van der Waals surface area contributed by atoms with E-state index in [1.165, 1.54) is 5.56 Å². The molecule has 0 radical (unpaired) electrons. The molecule has 3 aromatic rings. The maximum Gasteiger partial charge on any atom is 0.222 e. The molecule has 3 heterocycles. The second-order valence-electron chi connectivity index (χ2n) is 7.06. The van der Waals surface area contributed by atoms with E-state index in [0.29, 0.717) is 12.3 Å². The third-order valence-corrected chi connectivity index (χ3v) is 5.19. The summed E-state index contributed by atoms with van der Waals surface area (Å²) in [5, 5.41) is 0. The van der Waals surface area contributed by atoms with Crippen molar-refractivity contribution in [2.75, 3.05) is 13.1 Å². The lowest BCUT2D eigenvalue weighted by Crippen LogP contribution is -2.39. The fourth-order valence-corrected chi connectivity index (χ4v) is 3.70. The Morgan fingerprint density at radius 2 is 2.00 bits per heavy atom. The fourth-order valence-electron chi connectivity index (χ4n) is 3.70. The third-order valence-electron chi connectivity index (χ3n) is 5.19. The summed E-state index contributed by atoms with van der Waals surface area (Å²) in [7, 11) is 0. The van der Waals surface area contributed by atoms with Gasteiger partial charge in [-0.25, -0.2) is 9.97 Å². The van der Waals surface area contributed by atoms with Crippen LogP contribution < -0.4 is 0 Å². The summed E-state index contributed by atoms with van der Waals surface area (Å²) in [6.07, 6.45) is 8.87. The molecule has 4 rings (SSSR count). The largest absolute Gasteiger partial charge is 0.342 e. The molecular weight excluding hydrogens is 336 g/mol. The Morgan fingerprint density at radius 1 is 1.11 bits per heavy atom. The number of benzene rings is 1. The number of carbonyl (C=O) groups excluding carboxylic acids is 1. The first-order valence-electron chi connectivity index (χ1n) is 9.56. The van der Waals surface area contributed by atoms with Gasteiger partial charge in [0.25, 0.3) is 0 Å². The van der Waals surface area contributed by atoms with Crippen LogP contribution in [0.3, 0.4) is 0 Å². The van der Waals surface area contributed by atoms with Crippen LogP contribution in [0.15, 0.2) is 67.3 Å². The topological polar surface area (TPSA) is 51.0 Å². The summed E-state index contributed by atoms with van der Waals surface area (Å²) in [6.45, 7) is 1.61. The summed E-state index contributed by atoms with van der Waals surface area (Å²) in [4.78, 5) is 23.6. The van der Waals surface area contributed by atoms with Crippen molar-refractivity contribution >= 4 is 5.91 Å². The Hall–Kier alpha value is -2.95. The molecule has 1 aliphatic heterocycles. The standard InChI is InChI=1S/C22H24N4O/c27-22(12-11-18-6-2-1-3-7-18)25-14-5-8-19(16-25)20-9-4-10-21(24-20)26-15-13-23-17-26/h1-4,6-7,9-10,13,15,17,19H,5,8,11-12,14,16H2/t19-/m0/s1. The third kappa shape index (κ3) is 4.25. The Morgan fingerprint density at radius 3 is 2.81 bits per heavy atom. The average molecular weight is 360 g/mol. The van der Waals surface area contributed by atoms with E-state index in [-0.39, 0.29) is 5.91 Å². The fraction of sp³-hybridized carbons (Fsp3) is 0.318. The van der Waals surface area contributed by atoms with Crippen molar-refractivity contribution in [2.45, 2.75) is 31.6 Å². The molecule has 0 unspecified atom stereocenters. The number of aryl methyl sites for hydroxylation is 1. The molecule has 5 nitrogen and oxygen atoms in total. The Kier molecular flexibility index (Phi) is 5.28. The minimum Gasteiger partial charge on any atom is -0.342 e. The quantitative estimate of drug-likeness (QED) is 0.698. The van der Waals surface area contributed by atoms with Crippen molar-refractivity contribution in [2.24, 2.45) is 0 Å². The number of pyridine rings is 1. The normalized spacial score (nSPS) is 17.0. The van der Waals surface area contributed by atoms with E-state index in [1.54, 1.807) is 12.5 Å². The Balaban J connectivity index is 1.40. The van der Waals surface area contributed by atoms with Gasteiger partial charge < -0.3 is 4.90 Å². The van der Waals surface area contributed by atoms with Crippen LogP contribution in [0.5, 0.6) is 0 Å². The average Bonchev–Trinajstić information content (AvgIpc) is 3.28. The number of hydrogen-bond donors (Lipinski definition) is 0.